The highest BCUT2D eigenvalue weighted by molar-refractivity contribution is 5.68. The maximum atomic E-state index is 11.4. The molecule has 0 radical (unpaired) electrons. The van der Waals surface area contributed by atoms with Gasteiger partial charge in [-0.2, -0.15) is 0 Å². The maximum absolute atomic E-state index is 11.4. The number of ether oxygens (including phenoxy) is 5. The number of carbonyl (C=O) groups excluding carboxylic acids is 3. The molecule has 0 aromatic carbocycles. The van der Waals surface area contributed by atoms with Crippen LogP contribution in [0.3, 0.4) is 0 Å². The zero-order chi connectivity index (χ0) is 17.6. The van der Waals surface area contributed by atoms with Gasteiger partial charge in [0.05, 0.1) is 12.7 Å². The van der Waals surface area contributed by atoms with Crippen molar-refractivity contribution < 1.29 is 38.1 Å². The lowest BCUT2D eigenvalue weighted by Crippen LogP contribution is -2.61. The van der Waals surface area contributed by atoms with E-state index in [9.17, 15) is 14.4 Å². The minimum absolute atomic E-state index is 0.182. The van der Waals surface area contributed by atoms with Gasteiger partial charge in [0.25, 0.3) is 0 Å². The highest BCUT2D eigenvalue weighted by Crippen LogP contribution is 2.29. The first kappa shape index (κ1) is 19.1. The number of esters is 3. The van der Waals surface area contributed by atoms with Crippen molar-refractivity contribution in [3.63, 3.8) is 0 Å². The Hall–Kier alpha value is -1.93. The zero-order valence-corrected chi connectivity index (χ0v) is 13.6. The lowest BCUT2D eigenvalue weighted by Gasteiger charge is -2.43. The van der Waals surface area contributed by atoms with Gasteiger partial charge >= 0.3 is 17.9 Å². The van der Waals surface area contributed by atoms with Crippen LogP contribution in [0.25, 0.3) is 0 Å². The molecule has 1 rings (SSSR count). The predicted molar refractivity (Wildman–Crippen MR) is 77.1 cm³/mol. The summed E-state index contributed by atoms with van der Waals surface area (Å²) < 4.78 is 26.6. The van der Waals surface area contributed by atoms with Gasteiger partial charge in [-0.3, -0.25) is 14.4 Å². The molecule has 0 aromatic rings. The minimum atomic E-state index is -1.20. The molecule has 0 spiro atoms. The van der Waals surface area contributed by atoms with Crippen LogP contribution in [0.1, 0.15) is 27.7 Å². The summed E-state index contributed by atoms with van der Waals surface area (Å²) >= 11 is 0. The SMILES string of the molecule is C=CCO[C@@H]1[C@@H](OC(C)=O)[C@@H](OC(C)=O)[C@H](OC(C)=O)O[C@H]1C. The van der Waals surface area contributed by atoms with Gasteiger partial charge in [-0.05, 0) is 6.92 Å². The normalized spacial score (nSPS) is 30.2. The van der Waals surface area contributed by atoms with E-state index in [2.05, 4.69) is 6.58 Å². The van der Waals surface area contributed by atoms with Crippen LogP contribution >= 0.6 is 0 Å². The van der Waals surface area contributed by atoms with Crippen molar-refractivity contribution in [1.82, 2.24) is 0 Å². The highest BCUT2D eigenvalue weighted by Gasteiger charge is 2.50. The maximum Gasteiger partial charge on any atom is 0.305 e. The Balaban J connectivity index is 3.10. The molecule has 0 aromatic heterocycles. The molecule has 130 valence electrons. The van der Waals surface area contributed by atoms with Crippen LogP contribution in [-0.4, -0.2) is 55.2 Å². The van der Waals surface area contributed by atoms with Gasteiger partial charge in [-0.25, -0.2) is 0 Å². The Labute approximate surface area is 134 Å². The smallest absolute Gasteiger partial charge is 0.305 e. The van der Waals surface area contributed by atoms with Crippen molar-refractivity contribution in [3.05, 3.63) is 12.7 Å². The third-order valence-corrected chi connectivity index (χ3v) is 3.02. The quantitative estimate of drug-likeness (QED) is 0.399. The van der Waals surface area contributed by atoms with Crippen LogP contribution in [0.4, 0.5) is 0 Å². The van der Waals surface area contributed by atoms with Crippen LogP contribution in [0, 0.1) is 0 Å². The molecule has 0 bridgehead atoms. The van der Waals surface area contributed by atoms with E-state index in [0.29, 0.717) is 0 Å². The molecule has 5 atom stereocenters. The Kier molecular flexibility index (Phi) is 7.18. The molecule has 1 fully saturated rings. The monoisotopic (exact) mass is 330 g/mol. The van der Waals surface area contributed by atoms with Gasteiger partial charge in [0.1, 0.15) is 6.10 Å². The summed E-state index contributed by atoms with van der Waals surface area (Å²) in [4.78, 5) is 34.0. The van der Waals surface area contributed by atoms with Gasteiger partial charge in [0.15, 0.2) is 6.10 Å². The lowest BCUT2D eigenvalue weighted by molar-refractivity contribution is -0.295. The first-order valence-electron chi connectivity index (χ1n) is 7.15. The van der Waals surface area contributed by atoms with E-state index in [1.165, 1.54) is 26.8 Å². The molecule has 1 aliphatic heterocycles. The number of hydrogen-bond acceptors (Lipinski definition) is 8. The Bertz CT molecular complexity index is 460. The average Bonchev–Trinajstić information content (AvgIpc) is 2.41. The van der Waals surface area contributed by atoms with E-state index < -0.39 is 48.6 Å². The highest BCUT2D eigenvalue weighted by atomic mass is 16.7. The fourth-order valence-electron chi connectivity index (χ4n) is 2.28. The van der Waals surface area contributed by atoms with E-state index >= 15 is 0 Å². The van der Waals surface area contributed by atoms with Gasteiger partial charge < -0.3 is 23.7 Å². The third-order valence-electron chi connectivity index (χ3n) is 3.02. The van der Waals surface area contributed by atoms with E-state index in [-0.39, 0.29) is 6.61 Å². The molecule has 8 heteroatoms. The summed E-state index contributed by atoms with van der Waals surface area (Å²) in [6.45, 7) is 9.00. The molecule has 23 heavy (non-hydrogen) atoms. The summed E-state index contributed by atoms with van der Waals surface area (Å²) in [5.74, 6) is -1.84. The molecule has 1 saturated heterocycles. The Morgan fingerprint density at radius 1 is 0.957 bits per heavy atom. The fraction of sp³-hybridized carbons (Fsp3) is 0.667. The predicted octanol–water partition coefficient (Wildman–Crippen LogP) is 0.729. The molecule has 0 unspecified atom stereocenters. The van der Waals surface area contributed by atoms with Crippen molar-refractivity contribution >= 4 is 17.9 Å². The van der Waals surface area contributed by atoms with Gasteiger partial charge in [0, 0.05) is 20.8 Å². The first-order valence-corrected chi connectivity index (χ1v) is 7.15. The van der Waals surface area contributed by atoms with Gasteiger partial charge in [-0.1, -0.05) is 6.08 Å². The number of carbonyl (C=O) groups is 3. The topological polar surface area (TPSA) is 97.4 Å². The van der Waals surface area contributed by atoms with Crippen molar-refractivity contribution in [2.24, 2.45) is 0 Å². The van der Waals surface area contributed by atoms with Crippen molar-refractivity contribution in [2.75, 3.05) is 6.61 Å². The van der Waals surface area contributed by atoms with E-state index in [1.54, 1.807) is 6.92 Å². The van der Waals surface area contributed by atoms with Crippen LogP contribution < -0.4 is 0 Å². The minimum Gasteiger partial charge on any atom is -0.455 e. The lowest BCUT2D eigenvalue weighted by atomic mass is 9.99. The second-order valence-corrected chi connectivity index (χ2v) is 5.05. The van der Waals surface area contributed by atoms with Crippen molar-refractivity contribution in [3.8, 4) is 0 Å². The summed E-state index contributed by atoms with van der Waals surface area (Å²) in [5.41, 5.74) is 0. The second kappa shape index (κ2) is 8.64. The van der Waals surface area contributed by atoms with Crippen LogP contribution in [0.2, 0.25) is 0 Å². The Morgan fingerprint density at radius 3 is 1.96 bits per heavy atom. The molecule has 8 nitrogen and oxygen atoms in total. The summed E-state index contributed by atoms with van der Waals surface area (Å²) in [5, 5.41) is 0. The molecular weight excluding hydrogens is 308 g/mol. The van der Waals surface area contributed by atoms with Crippen molar-refractivity contribution in [1.29, 1.82) is 0 Å². The Morgan fingerprint density at radius 2 is 1.48 bits per heavy atom. The van der Waals surface area contributed by atoms with E-state index in [1.807, 2.05) is 0 Å². The third kappa shape index (κ3) is 5.65. The first-order chi connectivity index (χ1) is 10.8. The average molecular weight is 330 g/mol. The van der Waals surface area contributed by atoms with Crippen molar-refractivity contribution in [2.45, 2.75) is 58.4 Å². The van der Waals surface area contributed by atoms with Crippen LogP contribution in [0.5, 0.6) is 0 Å². The molecule has 1 aliphatic rings. The van der Waals surface area contributed by atoms with Crippen LogP contribution in [0.15, 0.2) is 12.7 Å². The van der Waals surface area contributed by atoms with Gasteiger partial charge in [0.2, 0.25) is 12.4 Å². The zero-order valence-electron chi connectivity index (χ0n) is 13.6. The van der Waals surface area contributed by atoms with E-state index in [0.717, 1.165) is 0 Å². The molecule has 1 heterocycles. The molecular formula is C15H22O8. The van der Waals surface area contributed by atoms with Gasteiger partial charge in [-0.15, -0.1) is 6.58 Å². The molecule has 0 saturated carbocycles. The fourth-order valence-corrected chi connectivity index (χ4v) is 2.28. The van der Waals surface area contributed by atoms with E-state index in [4.69, 9.17) is 23.7 Å². The number of rotatable bonds is 6. The molecule has 0 aliphatic carbocycles. The summed E-state index contributed by atoms with van der Waals surface area (Å²) in [7, 11) is 0. The second-order valence-electron chi connectivity index (χ2n) is 5.05. The molecule has 0 amide bonds. The number of hydrogen-bond donors (Lipinski definition) is 0. The largest absolute Gasteiger partial charge is 0.455 e. The standard InChI is InChI=1S/C15H22O8/c1-6-7-19-12-8(2)20-15(23-11(5)18)14(22-10(4)17)13(12)21-9(3)16/h6,8,12-15H,1,7H2,2-5H3/t8-,12-,13+,14+,15-/m0/s1. The summed E-state index contributed by atoms with van der Waals surface area (Å²) in [6.07, 6.45) is -3.07. The molecule has 0 N–H and O–H groups in total. The summed E-state index contributed by atoms with van der Waals surface area (Å²) in [6, 6.07) is 0. The van der Waals surface area contributed by atoms with Crippen LogP contribution in [-0.2, 0) is 38.1 Å².